The quantitative estimate of drug-likeness (QED) is 0.787. The summed E-state index contributed by atoms with van der Waals surface area (Å²) >= 11 is 6.12. The second-order valence-electron chi connectivity index (χ2n) is 4.35. The van der Waals surface area contributed by atoms with Crippen LogP contribution in [0.4, 0.5) is 0 Å². The van der Waals surface area contributed by atoms with Crippen molar-refractivity contribution < 1.29 is 5.11 Å². The van der Waals surface area contributed by atoms with Crippen LogP contribution in [0.5, 0.6) is 0 Å². The Morgan fingerprint density at radius 2 is 2.13 bits per heavy atom. The Kier molecular flexibility index (Phi) is 1.71. The molecule has 0 aliphatic heterocycles. The van der Waals surface area contributed by atoms with Crippen molar-refractivity contribution in [2.24, 2.45) is 7.05 Å². The second kappa shape index (κ2) is 2.77. The number of hydrogen-bond acceptors (Lipinski definition) is 1. The molecule has 15 heavy (non-hydrogen) atoms. The Hall–Kier alpha value is -0.990. The molecule has 1 N–H and O–H groups in total. The Morgan fingerprint density at radius 3 is 2.80 bits per heavy atom. The molecular weight excluding hydrogens is 210 g/mol. The first kappa shape index (κ1) is 9.25. The second-order valence-corrected chi connectivity index (χ2v) is 4.76. The van der Waals surface area contributed by atoms with Crippen molar-refractivity contribution in [1.82, 2.24) is 4.57 Å². The zero-order valence-corrected chi connectivity index (χ0v) is 9.25. The van der Waals surface area contributed by atoms with Gasteiger partial charge >= 0.3 is 0 Å². The van der Waals surface area contributed by atoms with E-state index in [1.165, 1.54) is 0 Å². The SMILES string of the molecule is Cn1cc(Cl)c2cc(C3(O)CC3)ccc21. The molecule has 0 atom stereocenters. The minimum absolute atomic E-state index is 0.576. The molecular formula is C12H12ClNO. The molecule has 3 heteroatoms. The molecule has 1 aromatic heterocycles. The maximum atomic E-state index is 10.0. The molecule has 0 spiro atoms. The Bertz CT molecular complexity index is 540. The highest BCUT2D eigenvalue weighted by molar-refractivity contribution is 6.35. The number of hydrogen-bond donors (Lipinski definition) is 1. The molecule has 1 fully saturated rings. The van der Waals surface area contributed by atoms with Crippen molar-refractivity contribution in [3.63, 3.8) is 0 Å². The van der Waals surface area contributed by atoms with Crippen LogP contribution in [0.15, 0.2) is 24.4 Å². The molecule has 0 saturated heterocycles. The largest absolute Gasteiger partial charge is 0.385 e. The fourth-order valence-electron chi connectivity index (χ4n) is 2.04. The van der Waals surface area contributed by atoms with Crippen molar-refractivity contribution in [2.75, 3.05) is 0 Å². The van der Waals surface area contributed by atoms with E-state index in [1.54, 1.807) is 0 Å². The third-order valence-electron chi connectivity index (χ3n) is 3.20. The highest BCUT2D eigenvalue weighted by Crippen LogP contribution is 2.46. The molecule has 2 nitrogen and oxygen atoms in total. The van der Waals surface area contributed by atoms with Crippen LogP contribution in [0.3, 0.4) is 0 Å². The molecule has 0 amide bonds. The number of benzene rings is 1. The summed E-state index contributed by atoms with van der Waals surface area (Å²) in [7, 11) is 1.97. The van der Waals surface area contributed by atoms with E-state index in [0.29, 0.717) is 0 Å². The normalized spacial score (nSPS) is 18.3. The summed E-state index contributed by atoms with van der Waals surface area (Å²) in [6, 6.07) is 6.02. The summed E-state index contributed by atoms with van der Waals surface area (Å²) in [6.45, 7) is 0. The molecule has 3 rings (SSSR count). The molecule has 1 aliphatic rings. The monoisotopic (exact) mass is 221 g/mol. The standard InChI is InChI=1S/C12H12ClNO/c1-14-7-10(13)9-6-8(2-3-11(9)14)12(15)4-5-12/h2-3,6-7,15H,4-5H2,1H3. The molecule has 1 aromatic carbocycles. The molecule has 0 bridgehead atoms. The topological polar surface area (TPSA) is 25.2 Å². The minimum Gasteiger partial charge on any atom is -0.385 e. The number of aliphatic hydroxyl groups is 1. The summed E-state index contributed by atoms with van der Waals surface area (Å²) < 4.78 is 2.00. The van der Waals surface area contributed by atoms with E-state index >= 15 is 0 Å². The van der Waals surface area contributed by atoms with Gasteiger partial charge in [-0.05, 0) is 30.5 Å². The lowest BCUT2D eigenvalue weighted by Crippen LogP contribution is -2.03. The first-order chi connectivity index (χ1) is 7.10. The number of nitrogens with zero attached hydrogens (tertiary/aromatic N) is 1. The first-order valence-corrected chi connectivity index (χ1v) is 5.45. The van der Waals surface area contributed by atoms with Gasteiger partial charge in [0.2, 0.25) is 0 Å². The maximum Gasteiger partial charge on any atom is 0.0899 e. The molecule has 1 aliphatic carbocycles. The number of fused-ring (bicyclic) bond motifs is 1. The third kappa shape index (κ3) is 1.29. The number of rotatable bonds is 1. The molecule has 1 heterocycles. The lowest BCUT2D eigenvalue weighted by atomic mass is 10.1. The predicted molar refractivity (Wildman–Crippen MR) is 61.1 cm³/mol. The number of aryl methyl sites for hydroxylation is 1. The van der Waals surface area contributed by atoms with Crippen LogP contribution in [0.25, 0.3) is 10.9 Å². The van der Waals surface area contributed by atoms with Crippen LogP contribution in [0.2, 0.25) is 5.02 Å². The average molecular weight is 222 g/mol. The highest BCUT2D eigenvalue weighted by Gasteiger charge is 2.42. The van der Waals surface area contributed by atoms with Gasteiger partial charge in [0.1, 0.15) is 0 Å². The molecule has 2 aromatic rings. The van der Waals surface area contributed by atoms with E-state index in [-0.39, 0.29) is 0 Å². The zero-order valence-electron chi connectivity index (χ0n) is 8.50. The van der Waals surface area contributed by atoms with E-state index in [2.05, 4.69) is 0 Å². The number of aromatic nitrogens is 1. The summed E-state index contributed by atoms with van der Waals surface area (Å²) in [6.07, 6.45) is 3.62. The van der Waals surface area contributed by atoms with E-state index in [0.717, 1.165) is 34.3 Å². The lowest BCUT2D eigenvalue weighted by Gasteiger charge is -2.08. The van der Waals surface area contributed by atoms with Crippen LogP contribution < -0.4 is 0 Å². The van der Waals surface area contributed by atoms with Crippen LogP contribution in [0.1, 0.15) is 18.4 Å². The smallest absolute Gasteiger partial charge is 0.0899 e. The van der Waals surface area contributed by atoms with Crippen LogP contribution in [0, 0.1) is 0 Å². The summed E-state index contributed by atoms with van der Waals surface area (Å²) in [5.74, 6) is 0. The Balaban J connectivity index is 2.25. The predicted octanol–water partition coefficient (Wildman–Crippen LogP) is 2.81. The van der Waals surface area contributed by atoms with Crippen LogP contribution in [-0.2, 0) is 12.6 Å². The minimum atomic E-state index is -0.576. The van der Waals surface area contributed by atoms with Crippen molar-refractivity contribution in [2.45, 2.75) is 18.4 Å². The van der Waals surface area contributed by atoms with E-state index in [9.17, 15) is 5.11 Å². The van der Waals surface area contributed by atoms with Crippen molar-refractivity contribution >= 4 is 22.5 Å². The van der Waals surface area contributed by atoms with Gasteiger partial charge in [-0.3, -0.25) is 0 Å². The molecule has 0 radical (unpaired) electrons. The van der Waals surface area contributed by atoms with Crippen molar-refractivity contribution in [3.05, 3.63) is 35.0 Å². The lowest BCUT2D eigenvalue weighted by molar-refractivity contribution is 0.151. The fraction of sp³-hybridized carbons (Fsp3) is 0.333. The van der Waals surface area contributed by atoms with Gasteiger partial charge < -0.3 is 9.67 Å². The van der Waals surface area contributed by atoms with Crippen LogP contribution >= 0.6 is 11.6 Å². The highest BCUT2D eigenvalue weighted by atomic mass is 35.5. The molecule has 78 valence electrons. The van der Waals surface area contributed by atoms with Gasteiger partial charge in [0, 0.05) is 24.1 Å². The van der Waals surface area contributed by atoms with Gasteiger partial charge in [0.05, 0.1) is 10.6 Å². The third-order valence-corrected chi connectivity index (χ3v) is 3.50. The average Bonchev–Trinajstić information content (AvgIpc) is 2.90. The van der Waals surface area contributed by atoms with E-state index in [4.69, 9.17) is 11.6 Å². The van der Waals surface area contributed by atoms with Crippen LogP contribution in [-0.4, -0.2) is 9.67 Å². The Labute approximate surface area is 93.1 Å². The summed E-state index contributed by atoms with van der Waals surface area (Å²) in [4.78, 5) is 0. The number of halogens is 1. The molecule has 1 saturated carbocycles. The van der Waals surface area contributed by atoms with Crippen molar-refractivity contribution in [3.8, 4) is 0 Å². The van der Waals surface area contributed by atoms with Gasteiger partial charge in [0.15, 0.2) is 0 Å². The van der Waals surface area contributed by atoms with E-state index < -0.39 is 5.60 Å². The Morgan fingerprint density at radius 1 is 1.40 bits per heavy atom. The van der Waals surface area contributed by atoms with Gasteiger partial charge in [-0.15, -0.1) is 0 Å². The summed E-state index contributed by atoms with van der Waals surface area (Å²) in [5, 5.41) is 11.8. The van der Waals surface area contributed by atoms with Gasteiger partial charge in [-0.25, -0.2) is 0 Å². The van der Waals surface area contributed by atoms with Gasteiger partial charge in [-0.2, -0.15) is 0 Å². The fourth-order valence-corrected chi connectivity index (χ4v) is 2.34. The summed E-state index contributed by atoms with van der Waals surface area (Å²) in [5.41, 5.74) is 1.52. The zero-order chi connectivity index (χ0) is 10.6. The van der Waals surface area contributed by atoms with Gasteiger partial charge in [-0.1, -0.05) is 17.7 Å². The van der Waals surface area contributed by atoms with Crippen molar-refractivity contribution in [1.29, 1.82) is 0 Å². The first-order valence-electron chi connectivity index (χ1n) is 5.08. The van der Waals surface area contributed by atoms with E-state index in [1.807, 2.05) is 36.0 Å². The van der Waals surface area contributed by atoms with Gasteiger partial charge in [0.25, 0.3) is 0 Å². The molecule has 0 unspecified atom stereocenters. The maximum absolute atomic E-state index is 10.0.